The van der Waals surface area contributed by atoms with Gasteiger partial charge in [-0.3, -0.25) is 0 Å². The molecule has 1 aromatic carbocycles. The molecule has 2 heterocycles. The smallest absolute Gasteiger partial charge is 0.247 e. The van der Waals surface area contributed by atoms with Crippen LogP contribution in [0.15, 0.2) is 53.9 Å². The van der Waals surface area contributed by atoms with Gasteiger partial charge in [0.1, 0.15) is 4.90 Å². The molecule has 0 unspecified atom stereocenters. The Morgan fingerprint density at radius 2 is 1.46 bits per heavy atom. The molecule has 3 rings (SSSR count). The third-order valence-corrected chi connectivity index (χ3v) is 4.96. The van der Waals surface area contributed by atoms with Crippen molar-refractivity contribution in [3.63, 3.8) is 0 Å². The second-order valence-corrected chi connectivity index (χ2v) is 7.05. The van der Waals surface area contributed by atoms with Gasteiger partial charge in [0, 0.05) is 35.9 Å². The Bertz CT molecular complexity index is 1040. The van der Waals surface area contributed by atoms with Crippen LogP contribution in [0.25, 0.3) is 12.2 Å². The van der Waals surface area contributed by atoms with Crippen molar-refractivity contribution in [3.8, 4) is 0 Å². The molecule has 26 heavy (non-hydrogen) atoms. The van der Waals surface area contributed by atoms with E-state index in [1.54, 1.807) is 24.3 Å². The molecule has 0 radical (unpaired) electrons. The normalized spacial score (nSPS) is 11.6. The Balaban J connectivity index is 1.73. The number of rotatable bonds is 5. The number of nitrogens with zero attached hydrogens (tertiary/aromatic N) is 4. The van der Waals surface area contributed by atoms with E-state index in [0.29, 0.717) is 11.1 Å². The third kappa shape index (κ3) is 4.38. The standard InChI is InChI=1S/C16H11ClFN5O2S/c17-13-3-1-2-4-14(13)26(24,25)23-16-21-9-12(10-22-16)6-5-11-7-19-15(18)20-8-11/h1-10H,(H,21,22,23)/b6-5+. The molecule has 132 valence electrons. The van der Waals surface area contributed by atoms with Crippen molar-refractivity contribution >= 4 is 39.7 Å². The number of hydrogen-bond donors (Lipinski definition) is 1. The van der Waals surface area contributed by atoms with Crippen molar-refractivity contribution in [3.05, 3.63) is 71.3 Å². The predicted octanol–water partition coefficient (Wildman–Crippen LogP) is 3.03. The van der Waals surface area contributed by atoms with Crippen molar-refractivity contribution < 1.29 is 12.8 Å². The molecule has 3 aromatic rings. The Hall–Kier alpha value is -2.91. The fraction of sp³-hybridized carbons (Fsp3) is 0. The molecule has 0 saturated carbocycles. The molecule has 0 aliphatic rings. The van der Waals surface area contributed by atoms with E-state index in [2.05, 4.69) is 24.7 Å². The van der Waals surface area contributed by atoms with Crippen molar-refractivity contribution in [1.29, 1.82) is 0 Å². The van der Waals surface area contributed by atoms with Crippen LogP contribution in [0.3, 0.4) is 0 Å². The van der Waals surface area contributed by atoms with Crippen LogP contribution in [0.2, 0.25) is 5.02 Å². The number of benzene rings is 1. The van der Waals surface area contributed by atoms with Crippen molar-refractivity contribution in [2.24, 2.45) is 0 Å². The Morgan fingerprint density at radius 3 is 2.04 bits per heavy atom. The SMILES string of the molecule is O=S(=O)(Nc1ncc(/C=C/c2cnc(F)nc2)cn1)c1ccccc1Cl. The summed E-state index contributed by atoms with van der Waals surface area (Å²) < 4.78 is 39.5. The molecule has 0 spiro atoms. The minimum Gasteiger partial charge on any atom is -0.247 e. The van der Waals surface area contributed by atoms with Gasteiger partial charge in [-0.05, 0) is 12.1 Å². The lowest BCUT2D eigenvalue weighted by atomic mass is 10.2. The second-order valence-electron chi connectivity index (χ2n) is 4.99. The van der Waals surface area contributed by atoms with Gasteiger partial charge in [0.25, 0.3) is 10.0 Å². The van der Waals surface area contributed by atoms with Crippen LogP contribution < -0.4 is 4.72 Å². The van der Waals surface area contributed by atoms with E-state index >= 15 is 0 Å². The summed E-state index contributed by atoms with van der Waals surface area (Å²) in [6, 6.07) is 6.05. The summed E-state index contributed by atoms with van der Waals surface area (Å²) in [6.07, 6.45) is 8.00. The van der Waals surface area contributed by atoms with E-state index in [1.165, 1.54) is 36.9 Å². The molecule has 2 aromatic heterocycles. The van der Waals surface area contributed by atoms with Gasteiger partial charge in [-0.1, -0.05) is 35.9 Å². The van der Waals surface area contributed by atoms with Crippen molar-refractivity contribution in [1.82, 2.24) is 19.9 Å². The molecule has 0 bridgehead atoms. The van der Waals surface area contributed by atoms with Gasteiger partial charge < -0.3 is 0 Å². The van der Waals surface area contributed by atoms with Crippen molar-refractivity contribution in [2.75, 3.05) is 4.72 Å². The maximum absolute atomic E-state index is 12.6. The summed E-state index contributed by atoms with van der Waals surface area (Å²) in [5.74, 6) is -0.0906. The number of anilines is 1. The summed E-state index contributed by atoms with van der Waals surface area (Å²) in [5, 5.41) is 0.0982. The average Bonchev–Trinajstić information content (AvgIpc) is 2.62. The number of aromatic nitrogens is 4. The summed E-state index contributed by atoms with van der Waals surface area (Å²) >= 11 is 5.91. The first-order valence-corrected chi connectivity index (χ1v) is 9.05. The highest BCUT2D eigenvalue weighted by molar-refractivity contribution is 7.92. The van der Waals surface area contributed by atoms with Crippen molar-refractivity contribution in [2.45, 2.75) is 4.90 Å². The first-order chi connectivity index (χ1) is 12.4. The zero-order valence-electron chi connectivity index (χ0n) is 13.0. The van der Waals surface area contributed by atoms with Gasteiger partial charge in [0.05, 0.1) is 5.02 Å². The van der Waals surface area contributed by atoms with Gasteiger partial charge in [-0.15, -0.1) is 0 Å². The quantitative estimate of drug-likeness (QED) is 0.671. The molecule has 0 fully saturated rings. The molecule has 0 atom stereocenters. The topological polar surface area (TPSA) is 97.7 Å². The minimum atomic E-state index is -3.89. The number of sulfonamides is 1. The lowest BCUT2D eigenvalue weighted by molar-refractivity contribution is 0.538. The monoisotopic (exact) mass is 391 g/mol. The summed E-state index contributed by atoms with van der Waals surface area (Å²) in [7, 11) is -3.89. The Kier molecular flexibility index (Phi) is 5.19. The van der Waals surface area contributed by atoms with Crippen LogP contribution in [0.1, 0.15) is 11.1 Å². The van der Waals surface area contributed by atoms with Crippen LogP contribution >= 0.6 is 11.6 Å². The van der Waals surface area contributed by atoms with Crippen LogP contribution in [0.4, 0.5) is 10.3 Å². The molecule has 0 aliphatic heterocycles. The van der Waals surface area contributed by atoms with E-state index in [9.17, 15) is 12.8 Å². The van der Waals surface area contributed by atoms with Gasteiger partial charge in [-0.2, -0.15) is 4.39 Å². The highest BCUT2D eigenvalue weighted by Gasteiger charge is 2.18. The highest BCUT2D eigenvalue weighted by Crippen LogP contribution is 2.22. The van der Waals surface area contributed by atoms with E-state index in [4.69, 9.17) is 11.6 Å². The fourth-order valence-electron chi connectivity index (χ4n) is 1.92. The minimum absolute atomic E-state index is 0.0643. The molecule has 0 amide bonds. The molecular formula is C16H11ClFN5O2S. The van der Waals surface area contributed by atoms with Crippen LogP contribution in [-0.4, -0.2) is 28.4 Å². The van der Waals surface area contributed by atoms with Gasteiger partial charge in [-0.25, -0.2) is 33.1 Å². The molecule has 10 heteroatoms. The van der Waals surface area contributed by atoms with Gasteiger partial charge >= 0.3 is 6.08 Å². The second kappa shape index (κ2) is 7.54. The summed E-state index contributed by atoms with van der Waals surface area (Å²) in [5.41, 5.74) is 1.20. The zero-order valence-corrected chi connectivity index (χ0v) is 14.6. The third-order valence-electron chi connectivity index (χ3n) is 3.13. The largest absolute Gasteiger partial charge is 0.308 e. The molecule has 0 aliphatic carbocycles. The number of halogens is 2. The molecule has 1 N–H and O–H groups in total. The summed E-state index contributed by atoms with van der Waals surface area (Å²) in [4.78, 5) is 14.7. The predicted molar refractivity (Wildman–Crippen MR) is 95.2 cm³/mol. The Labute approximate surface area is 153 Å². The molecule has 0 saturated heterocycles. The first kappa shape index (κ1) is 17.9. The van der Waals surface area contributed by atoms with E-state index < -0.39 is 16.1 Å². The van der Waals surface area contributed by atoms with E-state index in [1.807, 2.05) is 0 Å². The average molecular weight is 392 g/mol. The summed E-state index contributed by atoms with van der Waals surface area (Å²) in [6.45, 7) is 0. The molecular weight excluding hydrogens is 381 g/mol. The van der Waals surface area contributed by atoms with Crippen LogP contribution in [-0.2, 0) is 10.0 Å². The molecule has 7 nitrogen and oxygen atoms in total. The fourth-order valence-corrected chi connectivity index (χ4v) is 3.39. The lowest BCUT2D eigenvalue weighted by Gasteiger charge is -2.07. The number of nitrogens with one attached hydrogen (secondary N) is 1. The van der Waals surface area contributed by atoms with Crippen LogP contribution in [0, 0.1) is 6.08 Å². The van der Waals surface area contributed by atoms with Crippen LogP contribution in [0.5, 0.6) is 0 Å². The first-order valence-electron chi connectivity index (χ1n) is 7.19. The Morgan fingerprint density at radius 1 is 0.923 bits per heavy atom. The van der Waals surface area contributed by atoms with Gasteiger partial charge in [0.2, 0.25) is 5.95 Å². The van der Waals surface area contributed by atoms with Gasteiger partial charge in [0.15, 0.2) is 0 Å². The maximum atomic E-state index is 12.6. The zero-order chi connectivity index (χ0) is 18.6. The van der Waals surface area contributed by atoms with E-state index in [0.717, 1.165) is 0 Å². The maximum Gasteiger partial charge on any atom is 0.308 e. The lowest BCUT2D eigenvalue weighted by Crippen LogP contribution is -2.15. The van der Waals surface area contributed by atoms with E-state index in [-0.39, 0.29) is 15.9 Å². The number of hydrogen-bond acceptors (Lipinski definition) is 6. The highest BCUT2D eigenvalue weighted by atomic mass is 35.5.